The standard InChI is InChI=1S/C12H12ClFN2O3S2/c1-7-6-20-11(16-7)4-15-21(18,19)10-3-9(13)2-8(5-17)12(10)14/h2-3,6,15,17H,4-5H2,1H3. The lowest BCUT2D eigenvalue weighted by Gasteiger charge is -2.09. The van der Waals surface area contributed by atoms with Crippen LogP contribution in [0, 0.1) is 12.7 Å². The van der Waals surface area contributed by atoms with Crippen molar-refractivity contribution in [1.82, 2.24) is 9.71 Å². The number of aromatic nitrogens is 1. The van der Waals surface area contributed by atoms with Crippen molar-refractivity contribution in [2.24, 2.45) is 0 Å². The average molecular weight is 351 g/mol. The maximum Gasteiger partial charge on any atom is 0.243 e. The van der Waals surface area contributed by atoms with Crippen LogP contribution >= 0.6 is 22.9 Å². The summed E-state index contributed by atoms with van der Waals surface area (Å²) in [5.41, 5.74) is 0.610. The first kappa shape index (κ1) is 16.3. The molecule has 0 fully saturated rings. The fourth-order valence-corrected chi connectivity index (χ4v) is 3.89. The van der Waals surface area contributed by atoms with Crippen LogP contribution in [-0.2, 0) is 23.2 Å². The summed E-state index contributed by atoms with van der Waals surface area (Å²) in [4.78, 5) is 3.52. The van der Waals surface area contributed by atoms with Gasteiger partial charge in [-0.1, -0.05) is 11.6 Å². The Bertz CT molecular complexity index is 762. The van der Waals surface area contributed by atoms with E-state index < -0.39 is 27.3 Å². The molecule has 2 N–H and O–H groups in total. The van der Waals surface area contributed by atoms with Crippen molar-refractivity contribution in [3.8, 4) is 0 Å². The number of halogens is 2. The van der Waals surface area contributed by atoms with Crippen LogP contribution < -0.4 is 4.72 Å². The van der Waals surface area contributed by atoms with Crippen molar-refractivity contribution in [2.75, 3.05) is 0 Å². The monoisotopic (exact) mass is 350 g/mol. The van der Waals surface area contributed by atoms with Gasteiger partial charge in [-0.25, -0.2) is 22.5 Å². The minimum absolute atomic E-state index is 0.0333. The van der Waals surface area contributed by atoms with Crippen LogP contribution in [0.15, 0.2) is 22.4 Å². The van der Waals surface area contributed by atoms with E-state index in [0.717, 1.165) is 11.8 Å². The number of aryl methyl sites for hydroxylation is 1. The van der Waals surface area contributed by atoms with E-state index >= 15 is 0 Å². The van der Waals surface area contributed by atoms with Crippen LogP contribution in [0.1, 0.15) is 16.3 Å². The summed E-state index contributed by atoms with van der Waals surface area (Å²) < 4.78 is 40.6. The molecule has 0 aliphatic heterocycles. The summed E-state index contributed by atoms with van der Waals surface area (Å²) >= 11 is 7.05. The SMILES string of the molecule is Cc1csc(CNS(=O)(=O)c2cc(Cl)cc(CO)c2F)n1. The molecule has 1 heterocycles. The number of aliphatic hydroxyl groups is 1. The topological polar surface area (TPSA) is 79.3 Å². The first-order chi connectivity index (χ1) is 9.83. The lowest BCUT2D eigenvalue weighted by molar-refractivity contribution is 0.274. The zero-order valence-electron chi connectivity index (χ0n) is 10.9. The number of benzene rings is 1. The van der Waals surface area contributed by atoms with Gasteiger partial charge in [0, 0.05) is 21.7 Å². The normalized spacial score (nSPS) is 11.8. The van der Waals surface area contributed by atoms with E-state index in [1.54, 1.807) is 12.3 Å². The number of thiazole rings is 1. The second-order valence-electron chi connectivity index (χ2n) is 4.24. The third-order valence-electron chi connectivity index (χ3n) is 2.62. The van der Waals surface area contributed by atoms with Crippen molar-refractivity contribution in [1.29, 1.82) is 0 Å². The van der Waals surface area contributed by atoms with Crippen molar-refractivity contribution >= 4 is 33.0 Å². The number of aliphatic hydroxyl groups excluding tert-OH is 1. The van der Waals surface area contributed by atoms with Gasteiger partial charge in [0.25, 0.3) is 0 Å². The second kappa shape index (κ2) is 6.37. The summed E-state index contributed by atoms with van der Waals surface area (Å²) in [6.45, 7) is 1.11. The molecule has 0 radical (unpaired) electrons. The predicted molar refractivity (Wildman–Crippen MR) is 78.2 cm³/mol. The Hall–Kier alpha value is -1.06. The van der Waals surface area contributed by atoms with Gasteiger partial charge in [-0.3, -0.25) is 0 Å². The van der Waals surface area contributed by atoms with E-state index in [0.29, 0.717) is 5.01 Å². The number of hydrogen-bond donors (Lipinski definition) is 2. The predicted octanol–water partition coefficient (Wildman–Crippen LogP) is 2.21. The Kier molecular flexibility index (Phi) is 4.95. The molecule has 0 aliphatic carbocycles. The molecule has 114 valence electrons. The molecular weight excluding hydrogens is 339 g/mol. The van der Waals surface area contributed by atoms with E-state index in [4.69, 9.17) is 16.7 Å². The van der Waals surface area contributed by atoms with Crippen LogP contribution in [0.25, 0.3) is 0 Å². The van der Waals surface area contributed by atoms with Gasteiger partial charge in [-0.2, -0.15) is 0 Å². The first-order valence-corrected chi connectivity index (χ1v) is 8.57. The molecule has 21 heavy (non-hydrogen) atoms. The van der Waals surface area contributed by atoms with Crippen LogP contribution in [0.2, 0.25) is 5.02 Å². The van der Waals surface area contributed by atoms with Crippen LogP contribution in [0.5, 0.6) is 0 Å². The molecule has 2 rings (SSSR count). The highest BCUT2D eigenvalue weighted by Crippen LogP contribution is 2.24. The number of sulfonamides is 1. The van der Waals surface area contributed by atoms with E-state index in [1.807, 2.05) is 0 Å². The Morgan fingerprint density at radius 3 is 2.76 bits per heavy atom. The number of hydrogen-bond acceptors (Lipinski definition) is 5. The fourth-order valence-electron chi connectivity index (χ4n) is 1.65. The van der Waals surface area contributed by atoms with Gasteiger partial charge in [0.1, 0.15) is 15.7 Å². The van der Waals surface area contributed by atoms with E-state index in [-0.39, 0.29) is 17.1 Å². The summed E-state index contributed by atoms with van der Waals surface area (Å²) in [6.07, 6.45) is 0. The number of nitrogens with zero attached hydrogens (tertiary/aromatic N) is 1. The van der Waals surface area contributed by atoms with Crippen molar-refractivity contribution in [3.05, 3.63) is 44.6 Å². The number of rotatable bonds is 5. The molecule has 2 aromatic rings. The van der Waals surface area contributed by atoms with Gasteiger partial charge in [0.2, 0.25) is 10.0 Å². The van der Waals surface area contributed by atoms with Gasteiger partial charge in [-0.15, -0.1) is 11.3 Å². The quantitative estimate of drug-likeness (QED) is 0.866. The molecule has 0 amide bonds. The van der Waals surface area contributed by atoms with Gasteiger partial charge in [0.05, 0.1) is 13.2 Å². The highest BCUT2D eigenvalue weighted by atomic mass is 35.5. The zero-order valence-corrected chi connectivity index (χ0v) is 13.3. The van der Waals surface area contributed by atoms with Gasteiger partial charge in [-0.05, 0) is 19.1 Å². The molecule has 9 heteroatoms. The van der Waals surface area contributed by atoms with Gasteiger partial charge >= 0.3 is 0 Å². The Morgan fingerprint density at radius 1 is 1.48 bits per heavy atom. The third-order valence-corrected chi connectivity index (χ3v) is 5.20. The second-order valence-corrected chi connectivity index (χ2v) is 7.36. The molecule has 0 bridgehead atoms. The van der Waals surface area contributed by atoms with Crippen molar-refractivity contribution < 1.29 is 17.9 Å². The van der Waals surface area contributed by atoms with Crippen molar-refractivity contribution in [2.45, 2.75) is 25.0 Å². The Labute approximate surface area is 130 Å². The molecule has 0 unspecified atom stereocenters. The largest absolute Gasteiger partial charge is 0.392 e. The summed E-state index contributed by atoms with van der Waals surface area (Å²) in [5, 5.41) is 11.4. The molecule has 0 aliphatic rings. The molecular formula is C12H12ClFN2O3S2. The lowest BCUT2D eigenvalue weighted by Crippen LogP contribution is -2.24. The average Bonchev–Trinajstić information content (AvgIpc) is 2.84. The smallest absolute Gasteiger partial charge is 0.243 e. The summed E-state index contributed by atoms with van der Waals surface area (Å²) in [7, 11) is -4.09. The molecule has 0 saturated heterocycles. The maximum absolute atomic E-state index is 14.0. The van der Waals surface area contributed by atoms with E-state index in [2.05, 4.69) is 9.71 Å². The van der Waals surface area contributed by atoms with E-state index in [1.165, 1.54) is 17.4 Å². The minimum Gasteiger partial charge on any atom is -0.392 e. The molecule has 0 atom stereocenters. The maximum atomic E-state index is 14.0. The van der Waals surface area contributed by atoms with Crippen LogP contribution in [-0.4, -0.2) is 18.5 Å². The van der Waals surface area contributed by atoms with E-state index in [9.17, 15) is 12.8 Å². The van der Waals surface area contributed by atoms with Gasteiger partial charge < -0.3 is 5.11 Å². The minimum atomic E-state index is -4.09. The van der Waals surface area contributed by atoms with Crippen LogP contribution in [0.4, 0.5) is 4.39 Å². The molecule has 5 nitrogen and oxygen atoms in total. The van der Waals surface area contributed by atoms with Crippen LogP contribution in [0.3, 0.4) is 0 Å². The summed E-state index contributed by atoms with van der Waals surface area (Å²) in [5.74, 6) is -1.01. The van der Waals surface area contributed by atoms with Gasteiger partial charge in [0.15, 0.2) is 0 Å². The molecule has 1 aromatic heterocycles. The molecule has 0 spiro atoms. The Balaban J connectivity index is 2.29. The summed E-state index contributed by atoms with van der Waals surface area (Å²) in [6, 6.07) is 2.19. The Morgan fingerprint density at radius 2 is 2.19 bits per heavy atom. The highest BCUT2D eigenvalue weighted by molar-refractivity contribution is 7.89. The number of nitrogens with one attached hydrogen (secondary N) is 1. The molecule has 0 saturated carbocycles. The molecule has 1 aromatic carbocycles. The fraction of sp³-hybridized carbons (Fsp3) is 0.250. The highest BCUT2D eigenvalue weighted by Gasteiger charge is 2.22. The lowest BCUT2D eigenvalue weighted by atomic mass is 10.2. The first-order valence-electron chi connectivity index (χ1n) is 5.83. The third kappa shape index (κ3) is 3.78. The van der Waals surface area contributed by atoms with Crippen molar-refractivity contribution in [3.63, 3.8) is 0 Å². The zero-order chi connectivity index (χ0) is 15.6.